The maximum absolute atomic E-state index is 6.38. The second-order valence-electron chi connectivity index (χ2n) is 7.14. The van der Waals surface area contributed by atoms with E-state index in [4.69, 9.17) is 4.42 Å². The first-order chi connectivity index (χ1) is 13.3. The summed E-state index contributed by atoms with van der Waals surface area (Å²) < 4.78 is 10.0. The zero-order chi connectivity index (χ0) is 17.7. The van der Waals surface area contributed by atoms with Gasteiger partial charge in [-0.05, 0) is 46.9 Å². The number of fused-ring (bicyclic) bond motifs is 10. The minimum Gasteiger partial charge on any atom is -0.454 e. The third-order valence-corrected chi connectivity index (χ3v) is 6.46. The van der Waals surface area contributed by atoms with Gasteiger partial charge in [-0.15, -0.1) is 0 Å². The summed E-state index contributed by atoms with van der Waals surface area (Å²) in [5, 5.41) is 7.50. The Hall–Kier alpha value is -2.79. The Bertz CT molecular complexity index is 1690. The van der Waals surface area contributed by atoms with Crippen molar-refractivity contribution in [3.05, 3.63) is 76.4 Å². The van der Waals surface area contributed by atoms with Crippen LogP contribution in [-0.4, -0.2) is 4.40 Å². The van der Waals surface area contributed by atoms with Crippen molar-refractivity contribution >= 4 is 82.6 Å². The van der Waals surface area contributed by atoms with Crippen LogP contribution in [0, 0.1) is 3.57 Å². The number of halogens is 1. The van der Waals surface area contributed by atoms with Gasteiger partial charge < -0.3 is 8.82 Å². The highest BCUT2D eigenvalue weighted by molar-refractivity contribution is 14.1. The Kier molecular flexibility index (Phi) is 2.50. The number of furan rings is 1. The topological polar surface area (TPSA) is 17.6 Å². The lowest BCUT2D eigenvalue weighted by Crippen LogP contribution is -1.82. The van der Waals surface area contributed by atoms with E-state index in [1.165, 1.54) is 52.4 Å². The molecule has 7 rings (SSSR count). The van der Waals surface area contributed by atoms with Crippen LogP contribution in [0.4, 0.5) is 0 Å². The van der Waals surface area contributed by atoms with Gasteiger partial charge in [0.25, 0.3) is 0 Å². The second-order valence-corrected chi connectivity index (χ2v) is 8.38. The van der Waals surface area contributed by atoms with Crippen molar-refractivity contribution in [1.29, 1.82) is 0 Å². The summed E-state index contributed by atoms with van der Waals surface area (Å²) in [6.45, 7) is 0. The second kappa shape index (κ2) is 4.73. The summed E-state index contributed by atoms with van der Waals surface area (Å²) in [7, 11) is 0. The van der Waals surface area contributed by atoms with E-state index in [0.717, 1.165) is 11.2 Å². The van der Waals surface area contributed by atoms with Crippen LogP contribution in [0.1, 0.15) is 0 Å². The highest BCUT2D eigenvalue weighted by Crippen LogP contribution is 2.43. The van der Waals surface area contributed by atoms with Gasteiger partial charge in [0.15, 0.2) is 5.58 Å². The minimum absolute atomic E-state index is 0.944. The number of rotatable bonds is 0. The molecule has 0 aliphatic heterocycles. The minimum atomic E-state index is 0.944. The highest BCUT2D eigenvalue weighted by Gasteiger charge is 2.21. The Morgan fingerprint density at radius 1 is 0.630 bits per heavy atom. The SMILES string of the molecule is Ic1ccc2c3cccc4c5ccc6c7ccccc7oc6c5n(c2c1)c34. The standard InChI is InChI=1S/C24H12INO/c25-13-8-9-14-16-5-3-6-17-18-10-11-19-15-4-1-2-7-21(15)27-24(19)23(18)26(22(16)17)20(14)12-13/h1-12H. The lowest BCUT2D eigenvalue weighted by Gasteiger charge is -1.99. The van der Waals surface area contributed by atoms with Crippen molar-refractivity contribution in [2.75, 3.05) is 0 Å². The molecule has 3 aromatic heterocycles. The normalized spacial score (nSPS) is 12.6. The van der Waals surface area contributed by atoms with E-state index in [1.54, 1.807) is 0 Å². The monoisotopic (exact) mass is 457 g/mol. The van der Waals surface area contributed by atoms with Crippen LogP contribution in [-0.2, 0) is 0 Å². The Balaban J connectivity index is 1.90. The lowest BCUT2D eigenvalue weighted by molar-refractivity contribution is 0.671. The Morgan fingerprint density at radius 2 is 1.33 bits per heavy atom. The molecule has 7 aromatic rings. The number of para-hydroxylation sites is 2. The molecule has 0 aliphatic carbocycles. The molecule has 0 bridgehead atoms. The Labute approximate surface area is 167 Å². The number of nitrogens with zero attached hydrogens (tertiary/aromatic N) is 1. The molecule has 4 aromatic carbocycles. The van der Waals surface area contributed by atoms with Crippen molar-refractivity contribution in [3.8, 4) is 0 Å². The molecular weight excluding hydrogens is 445 g/mol. The first-order valence-electron chi connectivity index (χ1n) is 8.99. The molecule has 0 radical (unpaired) electrons. The average molecular weight is 457 g/mol. The summed E-state index contributed by atoms with van der Waals surface area (Å²) in [5.74, 6) is 0. The van der Waals surface area contributed by atoms with E-state index in [9.17, 15) is 0 Å². The van der Waals surface area contributed by atoms with Crippen molar-refractivity contribution in [1.82, 2.24) is 4.40 Å². The van der Waals surface area contributed by atoms with E-state index < -0.39 is 0 Å². The number of hydrogen-bond acceptors (Lipinski definition) is 1. The van der Waals surface area contributed by atoms with Gasteiger partial charge in [0.2, 0.25) is 0 Å². The van der Waals surface area contributed by atoms with Gasteiger partial charge in [-0.2, -0.15) is 0 Å². The van der Waals surface area contributed by atoms with Crippen molar-refractivity contribution in [2.45, 2.75) is 0 Å². The maximum Gasteiger partial charge on any atom is 0.160 e. The van der Waals surface area contributed by atoms with Gasteiger partial charge >= 0.3 is 0 Å². The molecule has 3 heteroatoms. The molecule has 0 atom stereocenters. The van der Waals surface area contributed by atoms with Crippen LogP contribution >= 0.6 is 22.6 Å². The third kappa shape index (κ3) is 1.62. The van der Waals surface area contributed by atoms with Crippen molar-refractivity contribution in [3.63, 3.8) is 0 Å². The summed E-state index contributed by atoms with van der Waals surface area (Å²) in [6, 6.07) is 26.1. The van der Waals surface area contributed by atoms with Crippen molar-refractivity contribution in [2.24, 2.45) is 0 Å². The number of hydrogen-bond donors (Lipinski definition) is 0. The Morgan fingerprint density at radius 3 is 2.26 bits per heavy atom. The largest absolute Gasteiger partial charge is 0.454 e. The van der Waals surface area contributed by atoms with Gasteiger partial charge in [0, 0.05) is 35.9 Å². The first-order valence-corrected chi connectivity index (χ1v) is 10.1. The molecule has 0 fully saturated rings. The van der Waals surface area contributed by atoms with Gasteiger partial charge in [-0.25, -0.2) is 0 Å². The van der Waals surface area contributed by atoms with Crippen LogP contribution in [0.15, 0.2) is 77.2 Å². The van der Waals surface area contributed by atoms with Crippen LogP contribution in [0.5, 0.6) is 0 Å². The first kappa shape index (κ1) is 14.3. The number of benzene rings is 4. The van der Waals surface area contributed by atoms with Gasteiger partial charge in [-0.3, -0.25) is 0 Å². The molecule has 2 nitrogen and oxygen atoms in total. The smallest absolute Gasteiger partial charge is 0.160 e. The van der Waals surface area contributed by atoms with Gasteiger partial charge in [-0.1, -0.05) is 48.5 Å². The average Bonchev–Trinajstić information content (AvgIpc) is 3.33. The molecule has 27 heavy (non-hydrogen) atoms. The molecule has 126 valence electrons. The summed E-state index contributed by atoms with van der Waals surface area (Å²) in [6.07, 6.45) is 0. The quantitative estimate of drug-likeness (QED) is 0.218. The van der Waals surface area contributed by atoms with E-state index in [2.05, 4.69) is 93.7 Å². The van der Waals surface area contributed by atoms with Crippen LogP contribution in [0.25, 0.3) is 60.0 Å². The fraction of sp³-hybridized carbons (Fsp3) is 0. The van der Waals surface area contributed by atoms with E-state index in [1.807, 2.05) is 6.07 Å². The molecule has 0 aliphatic rings. The summed E-state index contributed by atoms with van der Waals surface area (Å²) in [4.78, 5) is 0. The van der Waals surface area contributed by atoms with Crippen molar-refractivity contribution < 1.29 is 4.42 Å². The zero-order valence-electron chi connectivity index (χ0n) is 14.2. The number of aromatic nitrogens is 1. The van der Waals surface area contributed by atoms with Crippen LogP contribution < -0.4 is 0 Å². The summed E-state index contributed by atoms with van der Waals surface area (Å²) >= 11 is 2.39. The van der Waals surface area contributed by atoms with Gasteiger partial charge in [0.1, 0.15) is 5.58 Å². The molecular formula is C24H12INO. The molecule has 0 spiro atoms. The summed E-state index contributed by atoms with van der Waals surface area (Å²) in [5.41, 5.74) is 5.63. The maximum atomic E-state index is 6.38. The molecule has 0 amide bonds. The molecule has 3 heterocycles. The van der Waals surface area contributed by atoms with E-state index in [-0.39, 0.29) is 0 Å². The predicted octanol–water partition coefficient (Wildman–Crippen LogP) is 7.34. The molecule has 0 saturated heterocycles. The van der Waals surface area contributed by atoms with E-state index in [0.29, 0.717) is 0 Å². The van der Waals surface area contributed by atoms with E-state index >= 15 is 0 Å². The van der Waals surface area contributed by atoms with Crippen LogP contribution in [0.3, 0.4) is 0 Å². The fourth-order valence-corrected chi connectivity index (χ4v) is 5.18. The fourth-order valence-electron chi connectivity index (χ4n) is 4.70. The third-order valence-electron chi connectivity index (χ3n) is 5.79. The molecule has 0 unspecified atom stereocenters. The predicted molar refractivity (Wildman–Crippen MR) is 121 cm³/mol. The van der Waals surface area contributed by atoms with Gasteiger partial charge in [0.05, 0.1) is 16.6 Å². The zero-order valence-corrected chi connectivity index (χ0v) is 16.3. The highest BCUT2D eigenvalue weighted by atomic mass is 127. The van der Waals surface area contributed by atoms with Crippen LogP contribution in [0.2, 0.25) is 0 Å². The lowest BCUT2D eigenvalue weighted by atomic mass is 10.1. The molecule has 0 N–H and O–H groups in total. The molecule has 0 saturated carbocycles.